The zero-order valence-corrected chi connectivity index (χ0v) is 12.6. The number of hydrazine groups is 1. The summed E-state index contributed by atoms with van der Waals surface area (Å²) in [4.78, 5) is 27.7. The highest BCUT2D eigenvalue weighted by Crippen LogP contribution is 2.18. The summed E-state index contributed by atoms with van der Waals surface area (Å²) in [5.74, 6) is 0.185. The van der Waals surface area contributed by atoms with Gasteiger partial charge in [-0.15, -0.1) is 0 Å². The fourth-order valence-corrected chi connectivity index (χ4v) is 2.46. The SMILES string of the molecule is COc1ccc(C(=O)NN2CCCCC2=O)nc1I. The molecule has 0 atom stereocenters. The van der Waals surface area contributed by atoms with Gasteiger partial charge >= 0.3 is 0 Å². The molecular formula is C12H14IN3O3. The van der Waals surface area contributed by atoms with Gasteiger partial charge in [-0.05, 0) is 47.6 Å². The lowest BCUT2D eigenvalue weighted by molar-refractivity contribution is -0.135. The molecule has 0 radical (unpaired) electrons. The van der Waals surface area contributed by atoms with Crippen molar-refractivity contribution in [3.8, 4) is 5.75 Å². The van der Waals surface area contributed by atoms with Gasteiger partial charge in [0.15, 0.2) is 5.75 Å². The topological polar surface area (TPSA) is 71.5 Å². The van der Waals surface area contributed by atoms with E-state index in [1.54, 1.807) is 19.2 Å². The maximum Gasteiger partial charge on any atom is 0.288 e. The number of halogens is 1. The zero-order chi connectivity index (χ0) is 13.8. The van der Waals surface area contributed by atoms with Crippen molar-refractivity contribution in [1.29, 1.82) is 0 Å². The molecule has 1 fully saturated rings. The highest BCUT2D eigenvalue weighted by atomic mass is 127. The Morgan fingerprint density at radius 3 is 2.89 bits per heavy atom. The molecule has 1 aliphatic rings. The number of nitrogens with zero attached hydrogens (tertiary/aromatic N) is 2. The molecule has 0 spiro atoms. The van der Waals surface area contributed by atoms with Crippen LogP contribution in [0.4, 0.5) is 0 Å². The Hall–Kier alpha value is -1.38. The van der Waals surface area contributed by atoms with Crippen molar-refractivity contribution in [2.45, 2.75) is 19.3 Å². The van der Waals surface area contributed by atoms with E-state index in [4.69, 9.17) is 4.74 Å². The van der Waals surface area contributed by atoms with Crippen LogP contribution in [0.25, 0.3) is 0 Å². The van der Waals surface area contributed by atoms with Crippen LogP contribution in [-0.2, 0) is 4.79 Å². The van der Waals surface area contributed by atoms with Crippen molar-refractivity contribution < 1.29 is 14.3 Å². The first-order chi connectivity index (χ1) is 9.11. The summed E-state index contributed by atoms with van der Waals surface area (Å²) >= 11 is 2.00. The van der Waals surface area contributed by atoms with Crippen LogP contribution < -0.4 is 10.2 Å². The minimum Gasteiger partial charge on any atom is -0.494 e. The molecule has 1 N–H and O–H groups in total. The summed E-state index contributed by atoms with van der Waals surface area (Å²) in [6.45, 7) is 0.553. The van der Waals surface area contributed by atoms with Crippen molar-refractivity contribution >= 4 is 34.4 Å². The number of methoxy groups -OCH3 is 1. The van der Waals surface area contributed by atoms with Crippen molar-refractivity contribution in [2.24, 2.45) is 0 Å². The molecule has 0 aromatic carbocycles. The van der Waals surface area contributed by atoms with Crippen LogP contribution in [0.1, 0.15) is 29.8 Å². The smallest absolute Gasteiger partial charge is 0.288 e. The zero-order valence-electron chi connectivity index (χ0n) is 10.5. The highest BCUT2D eigenvalue weighted by molar-refractivity contribution is 14.1. The number of rotatable bonds is 3. The molecule has 19 heavy (non-hydrogen) atoms. The lowest BCUT2D eigenvalue weighted by atomic mass is 10.1. The minimum atomic E-state index is -0.379. The van der Waals surface area contributed by atoms with Gasteiger partial charge < -0.3 is 4.74 Å². The monoisotopic (exact) mass is 375 g/mol. The number of hydrogen-bond acceptors (Lipinski definition) is 4. The van der Waals surface area contributed by atoms with Gasteiger partial charge in [0.1, 0.15) is 9.39 Å². The molecule has 6 nitrogen and oxygen atoms in total. The quantitative estimate of drug-likeness (QED) is 0.640. The Morgan fingerprint density at radius 1 is 1.47 bits per heavy atom. The van der Waals surface area contributed by atoms with Gasteiger partial charge in [-0.2, -0.15) is 0 Å². The van der Waals surface area contributed by atoms with E-state index in [0.717, 1.165) is 12.8 Å². The number of carbonyl (C=O) groups is 2. The lowest BCUT2D eigenvalue weighted by Crippen LogP contribution is -2.48. The summed E-state index contributed by atoms with van der Waals surface area (Å²) in [5, 5.41) is 1.37. The Morgan fingerprint density at radius 2 is 2.26 bits per heavy atom. The molecule has 7 heteroatoms. The summed E-state index contributed by atoms with van der Waals surface area (Å²) in [6.07, 6.45) is 2.26. The second kappa shape index (κ2) is 6.18. The summed E-state index contributed by atoms with van der Waals surface area (Å²) in [6, 6.07) is 3.26. The predicted molar refractivity (Wildman–Crippen MR) is 76.5 cm³/mol. The fraction of sp³-hybridized carbons (Fsp3) is 0.417. The molecule has 1 aliphatic heterocycles. The van der Waals surface area contributed by atoms with Gasteiger partial charge in [0.05, 0.1) is 7.11 Å². The minimum absolute atomic E-state index is 0.0530. The van der Waals surface area contributed by atoms with Crippen LogP contribution in [0, 0.1) is 3.70 Å². The van der Waals surface area contributed by atoms with Crippen LogP contribution in [0.5, 0.6) is 5.75 Å². The average molecular weight is 375 g/mol. The first-order valence-corrected chi connectivity index (χ1v) is 7.01. The predicted octanol–water partition coefficient (Wildman–Crippen LogP) is 1.35. The van der Waals surface area contributed by atoms with E-state index in [9.17, 15) is 9.59 Å². The number of carbonyl (C=O) groups excluding carboxylic acids is 2. The Kier molecular flexibility index (Phi) is 4.56. The summed E-state index contributed by atoms with van der Waals surface area (Å²) < 4.78 is 5.69. The van der Waals surface area contributed by atoms with Crippen molar-refractivity contribution in [2.75, 3.05) is 13.7 Å². The van der Waals surface area contributed by atoms with E-state index in [2.05, 4.69) is 10.4 Å². The Labute approximate surface area is 124 Å². The maximum absolute atomic E-state index is 12.0. The van der Waals surface area contributed by atoms with Gasteiger partial charge in [-0.25, -0.2) is 4.98 Å². The molecule has 1 aromatic heterocycles. The van der Waals surface area contributed by atoms with Gasteiger partial charge in [0.2, 0.25) is 5.91 Å². The third-order valence-electron chi connectivity index (χ3n) is 2.83. The van der Waals surface area contributed by atoms with E-state index < -0.39 is 0 Å². The van der Waals surface area contributed by atoms with Gasteiger partial charge in [0.25, 0.3) is 5.91 Å². The average Bonchev–Trinajstić information content (AvgIpc) is 2.41. The molecule has 2 amide bonds. The van der Waals surface area contributed by atoms with E-state index in [0.29, 0.717) is 22.4 Å². The molecule has 102 valence electrons. The molecule has 2 heterocycles. The van der Waals surface area contributed by atoms with Crippen LogP contribution in [0.3, 0.4) is 0 Å². The standard InChI is InChI=1S/C12H14IN3O3/c1-19-9-6-5-8(14-11(9)13)12(18)15-16-7-3-2-4-10(16)17/h5-6H,2-4,7H2,1H3,(H,15,18). The molecule has 0 bridgehead atoms. The van der Waals surface area contributed by atoms with Crippen LogP contribution in [0.2, 0.25) is 0 Å². The number of aromatic nitrogens is 1. The van der Waals surface area contributed by atoms with Crippen molar-refractivity contribution in [3.05, 3.63) is 21.5 Å². The Bertz CT molecular complexity index is 507. The van der Waals surface area contributed by atoms with E-state index in [-0.39, 0.29) is 17.5 Å². The van der Waals surface area contributed by atoms with Gasteiger partial charge in [-0.3, -0.25) is 20.0 Å². The molecule has 1 saturated heterocycles. The molecular weight excluding hydrogens is 361 g/mol. The van der Waals surface area contributed by atoms with Crippen LogP contribution >= 0.6 is 22.6 Å². The summed E-state index contributed by atoms with van der Waals surface area (Å²) in [5.41, 5.74) is 2.86. The molecule has 1 aromatic rings. The third-order valence-corrected chi connectivity index (χ3v) is 3.60. The highest BCUT2D eigenvalue weighted by Gasteiger charge is 2.21. The number of piperidine rings is 1. The fourth-order valence-electron chi connectivity index (χ4n) is 1.80. The van der Waals surface area contributed by atoms with Crippen molar-refractivity contribution in [3.63, 3.8) is 0 Å². The molecule has 2 rings (SSSR count). The van der Waals surface area contributed by atoms with Gasteiger partial charge in [0, 0.05) is 13.0 Å². The number of amides is 2. The third kappa shape index (κ3) is 3.34. The number of pyridine rings is 1. The van der Waals surface area contributed by atoms with E-state index in [1.807, 2.05) is 22.6 Å². The second-order valence-electron chi connectivity index (χ2n) is 4.13. The van der Waals surface area contributed by atoms with Crippen LogP contribution in [0.15, 0.2) is 12.1 Å². The summed E-state index contributed by atoms with van der Waals surface area (Å²) in [7, 11) is 1.55. The second-order valence-corrected chi connectivity index (χ2v) is 5.15. The number of ether oxygens (including phenoxy) is 1. The van der Waals surface area contributed by atoms with Crippen LogP contribution in [-0.4, -0.2) is 35.5 Å². The number of nitrogens with one attached hydrogen (secondary N) is 1. The number of hydrogen-bond donors (Lipinski definition) is 1. The lowest BCUT2D eigenvalue weighted by Gasteiger charge is -2.26. The Balaban J connectivity index is 2.07. The first-order valence-electron chi connectivity index (χ1n) is 5.93. The largest absolute Gasteiger partial charge is 0.494 e. The first kappa shape index (κ1) is 14.0. The normalized spacial score (nSPS) is 15.3. The molecule has 0 unspecified atom stereocenters. The van der Waals surface area contributed by atoms with E-state index >= 15 is 0 Å². The maximum atomic E-state index is 12.0. The van der Waals surface area contributed by atoms with E-state index in [1.165, 1.54) is 5.01 Å². The molecule has 0 saturated carbocycles. The van der Waals surface area contributed by atoms with Crippen molar-refractivity contribution in [1.82, 2.24) is 15.4 Å². The molecule has 0 aliphatic carbocycles. The van der Waals surface area contributed by atoms with Gasteiger partial charge in [-0.1, -0.05) is 0 Å².